The fraction of sp³-hybridized carbons (Fsp3) is 0.267. The van der Waals surface area contributed by atoms with Crippen LogP contribution in [0.5, 0.6) is 0 Å². The van der Waals surface area contributed by atoms with Crippen LogP contribution in [0.15, 0.2) is 49.2 Å². The van der Waals surface area contributed by atoms with Gasteiger partial charge in [-0.25, -0.2) is 9.67 Å². The van der Waals surface area contributed by atoms with Gasteiger partial charge in [0, 0.05) is 18.9 Å². The fourth-order valence-electron chi connectivity index (χ4n) is 2.39. The van der Waals surface area contributed by atoms with Gasteiger partial charge in [-0.2, -0.15) is 10.2 Å². The Balaban J connectivity index is 1.72. The van der Waals surface area contributed by atoms with Crippen LogP contribution < -0.4 is 5.32 Å². The average Bonchev–Trinajstić information content (AvgIpc) is 3.10. The van der Waals surface area contributed by atoms with Crippen molar-refractivity contribution in [3.05, 3.63) is 60.4 Å². The molecule has 6 heteroatoms. The number of benzene rings is 1. The number of nitrogens with zero attached hydrogens (tertiary/aromatic N) is 5. The highest BCUT2D eigenvalue weighted by molar-refractivity contribution is 5.47. The minimum Gasteiger partial charge on any atom is -0.377 e. The van der Waals surface area contributed by atoms with Gasteiger partial charge in [0.2, 0.25) is 0 Å². The molecule has 108 valence electrons. The van der Waals surface area contributed by atoms with Crippen LogP contribution in [0.2, 0.25) is 0 Å². The molecular formula is C15H18N6. The summed E-state index contributed by atoms with van der Waals surface area (Å²) in [7, 11) is 1.95. The van der Waals surface area contributed by atoms with Crippen molar-refractivity contribution in [2.24, 2.45) is 7.05 Å². The lowest BCUT2D eigenvalue weighted by Gasteiger charge is -2.16. The van der Waals surface area contributed by atoms with E-state index in [1.54, 1.807) is 12.7 Å². The number of hydrogen-bond donors (Lipinski definition) is 1. The summed E-state index contributed by atoms with van der Waals surface area (Å²) in [6.45, 7) is 2.84. The minimum atomic E-state index is 0.194. The summed E-state index contributed by atoms with van der Waals surface area (Å²) in [5.74, 6) is 0. The molecule has 2 heterocycles. The largest absolute Gasteiger partial charge is 0.377 e. The van der Waals surface area contributed by atoms with E-state index in [-0.39, 0.29) is 6.04 Å². The molecule has 2 aromatic heterocycles. The molecule has 3 aromatic rings. The number of nitrogens with one attached hydrogen (secondary N) is 1. The fourth-order valence-corrected chi connectivity index (χ4v) is 2.39. The van der Waals surface area contributed by atoms with Crippen molar-refractivity contribution in [2.45, 2.75) is 19.5 Å². The molecule has 0 bridgehead atoms. The molecule has 0 saturated carbocycles. The van der Waals surface area contributed by atoms with Crippen LogP contribution in [0.3, 0.4) is 0 Å². The number of hydrogen-bond acceptors (Lipinski definition) is 4. The van der Waals surface area contributed by atoms with Crippen molar-refractivity contribution in [2.75, 3.05) is 5.32 Å². The maximum absolute atomic E-state index is 4.20. The highest BCUT2D eigenvalue weighted by Crippen LogP contribution is 2.19. The average molecular weight is 282 g/mol. The van der Waals surface area contributed by atoms with Gasteiger partial charge in [0.15, 0.2) is 0 Å². The molecule has 6 nitrogen and oxygen atoms in total. The lowest BCUT2D eigenvalue weighted by molar-refractivity contribution is 0.674. The number of anilines is 1. The lowest BCUT2D eigenvalue weighted by atomic mass is 10.1. The summed E-state index contributed by atoms with van der Waals surface area (Å²) in [5, 5.41) is 11.8. The van der Waals surface area contributed by atoms with Gasteiger partial charge in [-0.3, -0.25) is 4.68 Å². The van der Waals surface area contributed by atoms with E-state index < -0.39 is 0 Å². The minimum absolute atomic E-state index is 0.194. The van der Waals surface area contributed by atoms with E-state index in [9.17, 15) is 0 Å². The lowest BCUT2D eigenvalue weighted by Crippen LogP contribution is -2.11. The van der Waals surface area contributed by atoms with Crippen LogP contribution in [-0.2, 0) is 13.6 Å². The van der Waals surface area contributed by atoms with Crippen molar-refractivity contribution in [3.8, 4) is 0 Å². The van der Waals surface area contributed by atoms with E-state index in [1.807, 2.05) is 34.7 Å². The topological polar surface area (TPSA) is 60.6 Å². The Hall–Kier alpha value is -2.63. The van der Waals surface area contributed by atoms with E-state index in [1.165, 1.54) is 5.56 Å². The molecule has 0 radical (unpaired) electrons. The molecule has 0 fully saturated rings. The first kappa shape index (κ1) is 13.4. The smallest absolute Gasteiger partial charge is 0.137 e. The van der Waals surface area contributed by atoms with Gasteiger partial charge in [-0.1, -0.05) is 12.1 Å². The summed E-state index contributed by atoms with van der Waals surface area (Å²) in [6.07, 6.45) is 5.08. The maximum Gasteiger partial charge on any atom is 0.137 e. The van der Waals surface area contributed by atoms with Gasteiger partial charge in [0.25, 0.3) is 0 Å². The van der Waals surface area contributed by atoms with Gasteiger partial charge >= 0.3 is 0 Å². The van der Waals surface area contributed by atoms with Crippen LogP contribution >= 0.6 is 0 Å². The number of aromatic nitrogens is 5. The van der Waals surface area contributed by atoms with Gasteiger partial charge in [-0.15, -0.1) is 0 Å². The van der Waals surface area contributed by atoms with Crippen molar-refractivity contribution in [1.82, 2.24) is 24.5 Å². The van der Waals surface area contributed by atoms with Gasteiger partial charge in [-0.05, 0) is 30.7 Å². The predicted molar refractivity (Wildman–Crippen MR) is 80.8 cm³/mol. The zero-order valence-corrected chi connectivity index (χ0v) is 12.1. The Kier molecular flexibility index (Phi) is 3.68. The van der Waals surface area contributed by atoms with E-state index >= 15 is 0 Å². The molecule has 1 aromatic carbocycles. The second-order valence-electron chi connectivity index (χ2n) is 5.04. The SMILES string of the molecule is CC(Nc1cccc(Cn2cncn2)c1)c1ccnn1C. The molecule has 1 unspecified atom stereocenters. The second kappa shape index (κ2) is 5.78. The Morgan fingerprint density at radius 3 is 2.86 bits per heavy atom. The number of rotatable bonds is 5. The van der Waals surface area contributed by atoms with Crippen LogP contribution in [0.4, 0.5) is 5.69 Å². The summed E-state index contributed by atoms with van der Waals surface area (Å²) in [6, 6.07) is 10.6. The van der Waals surface area contributed by atoms with E-state index in [4.69, 9.17) is 0 Å². The first-order valence-corrected chi connectivity index (χ1v) is 6.88. The highest BCUT2D eigenvalue weighted by Gasteiger charge is 2.09. The molecule has 0 saturated heterocycles. The first-order valence-electron chi connectivity index (χ1n) is 6.88. The Morgan fingerprint density at radius 1 is 1.24 bits per heavy atom. The van der Waals surface area contributed by atoms with Crippen LogP contribution in [0, 0.1) is 0 Å². The molecule has 1 atom stereocenters. The molecule has 21 heavy (non-hydrogen) atoms. The third-order valence-corrected chi connectivity index (χ3v) is 3.42. The van der Waals surface area contributed by atoms with Gasteiger partial charge < -0.3 is 5.32 Å². The molecule has 0 spiro atoms. The number of aryl methyl sites for hydroxylation is 1. The molecule has 0 aliphatic carbocycles. The van der Waals surface area contributed by atoms with E-state index in [0.717, 1.165) is 17.9 Å². The zero-order chi connectivity index (χ0) is 14.7. The van der Waals surface area contributed by atoms with Crippen molar-refractivity contribution >= 4 is 5.69 Å². The summed E-state index contributed by atoms with van der Waals surface area (Å²) < 4.78 is 3.70. The molecule has 1 N–H and O–H groups in total. The van der Waals surface area contributed by atoms with Crippen molar-refractivity contribution in [1.29, 1.82) is 0 Å². The Bertz CT molecular complexity index is 701. The van der Waals surface area contributed by atoms with E-state index in [0.29, 0.717) is 0 Å². The van der Waals surface area contributed by atoms with Gasteiger partial charge in [0.05, 0.1) is 18.3 Å². The van der Waals surface area contributed by atoms with Crippen LogP contribution in [-0.4, -0.2) is 24.5 Å². The van der Waals surface area contributed by atoms with Crippen molar-refractivity contribution < 1.29 is 0 Å². The second-order valence-corrected chi connectivity index (χ2v) is 5.04. The summed E-state index contributed by atoms with van der Waals surface area (Å²) in [4.78, 5) is 3.96. The first-order chi connectivity index (χ1) is 10.2. The monoisotopic (exact) mass is 282 g/mol. The molecule has 0 amide bonds. The summed E-state index contributed by atoms with van der Waals surface area (Å²) in [5.41, 5.74) is 3.42. The molecule has 0 aliphatic rings. The highest BCUT2D eigenvalue weighted by atomic mass is 15.3. The predicted octanol–water partition coefficient (Wildman–Crippen LogP) is 2.23. The normalized spacial score (nSPS) is 12.3. The Morgan fingerprint density at radius 2 is 2.14 bits per heavy atom. The zero-order valence-electron chi connectivity index (χ0n) is 12.1. The maximum atomic E-state index is 4.20. The van der Waals surface area contributed by atoms with Crippen LogP contribution in [0.25, 0.3) is 0 Å². The third kappa shape index (κ3) is 3.10. The molecule has 0 aliphatic heterocycles. The third-order valence-electron chi connectivity index (χ3n) is 3.42. The quantitative estimate of drug-likeness (QED) is 0.779. The van der Waals surface area contributed by atoms with Crippen molar-refractivity contribution in [3.63, 3.8) is 0 Å². The summed E-state index contributed by atoms with van der Waals surface area (Å²) >= 11 is 0. The standard InChI is InChI=1S/C15H18N6/c1-12(15-6-7-17-20(15)2)19-14-5-3-4-13(8-14)9-21-11-16-10-18-21/h3-8,10-12,19H,9H2,1-2H3. The molecular weight excluding hydrogens is 264 g/mol. The van der Waals surface area contributed by atoms with Gasteiger partial charge in [0.1, 0.15) is 12.7 Å². The molecule has 3 rings (SSSR count). The Labute approximate surface area is 123 Å². The van der Waals surface area contributed by atoms with E-state index in [2.05, 4.69) is 45.6 Å². The van der Waals surface area contributed by atoms with Crippen LogP contribution in [0.1, 0.15) is 24.2 Å².